The Morgan fingerprint density at radius 2 is 1.78 bits per heavy atom. The quantitative estimate of drug-likeness (QED) is 0.617. The summed E-state index contributed by atoms with van der Waals surface area (Å²) in [5.41, 5.74) is 5.39. The molecule has 1 saturated carbocycles. The van der Waals surface area contributed by atoms with Crippen LogP contribution in [0.1, 0.15) is 58.8 Å². The third kappa shape index (κ3) is 3.22. The highest BCUT2D eigenvalue weighted by Gasteiger charge is 2.43. The number of nitrogens with two attached hydrogens (primary N) is 1. The Hall–Kier alpha value is -0.640. The van der Waals surface area contributed by atoms with Gasteiger partial charge in [0.1, 0.15) is 0 Å². The first-order valence-corrected chi connectivity index (χ1v) is 7.58. The van der Waals surface area contributed by atoms with Gasteiger partial charge in [-0.05, 0) is 26.2 Å². The molecule has 0 atom stereocenters. The Balaban J connectivity index is 2.94. The molecular weight excluding hydrogens is 244 g/mol. The van der Waals surface area contributed by atoms with Gasteiger partial charge in [-0.3, -0.25) is 4.79 Å². The molecule has 0 heterocycles. The van der Waals surface area contributed by atoms with Gasteiger partial charge in [-0.1, -0.05) is 44.8 Å². The van der Waals surface area contributed by atoms with Gasteiger partial charge in [0.15, 0.2) is 0 Å². The smallest absolute Gasteiger partial charge is 0.235 e. The lowest BCUT2D eigenvalue weighted by molar-refractivity contribution is -0.138. The summed E-state index contributed by atoms with van der Waals surface area (Å²) in [7, 11) is 0. The highest BCUT2D eigenvalue weighted by atomic mass is 32.1. The lowest BCUT2D eigenvalue weighted by Gasteiger charge is -2.35. The molecule has 0 aromatic heterocycles. The predicted molar refractivity (Wildman–Crippen MR) is 79.5 cm³/mol. The van der Waals surface area contributed by atoms with Crippen molar-refractivity contribution in [2.45, 2.75) is 58.8 Å². The average molecular weight is 270 g/mol. The summed E-state index contributed by atoms with van der Waals surface area (Å²) in [5, 5.41) is 0. The van der Waals surface area contributed by atoms with Crippen LogP contribution in [0.3, 0.4) is 0 Å². The molecule has 1 rings (SSSR count). The zero-order valence-electron chi connectivity index (χ0n) is 11.7. The van der Waals surface area contributed by atoms with Gasteiger partial charge in [-0.15, -0.1) is 0 Å². The molecule has 0 radical (unpaired) electrons. The van der Waals surface area contributed by atoms with Gasteiger partial charge in [0.2, 0.25) is 5.91 Å². The van der Waals surface area contributed by atoms with Crippen LogP contribution in [0.15, 0.2) is 0 Å². The SMILES string of the molecule is CCCN(CC)C(=O)C1(C(N)=S)CCCCCC1. The fourth-order valence-electron chi connectivity index (χ4n) is 2.87. The number of hydrogen-bond donors (Lipinski definition) is 1. The summed E-state index contributed by atoms with van der Waals surface area (Å²) in [4.78, 5) is 15.1. The molecule has 18 heavy (non-hydrogen) atoms. The first-order chi connectivity index (χ1) is 8.58. The van der Waals surface area contributed by atoms with Crippen LogP contribution in [0.4, 0.5) is 0 Å². The third-order valence-corrected chi connectivity index (χ3v) is 4.39. The van der Waals surface area contributed by atoms with Gasteiger partial charge in [-0.2, -0.15) is 0 Å². The normalized spacial score (nSPS) is 19.0. The zero-order valence-corrected chi connectivity index (χ0v) is 12.5. The van der Waals surface area contributed by atoms with Crippen molar-refractivity contribution in [2.24, 2.45) is 11.1 Å². The molecule has 4 heteroatoms. The number of nitrogens with zero attached hydrogens (tertiary/aromatic N) is 1. The molecule has 1 aliphatic carbocycles. The number of thiocarbonyl (C=S) groups is 1. The zero-order chi connectivity index (χ0) is 13.6. The van der Waals surface area contributed by atoms with E-state index in [2.05, 4.69) is 6.92 Å². The summed E-state index contributed by atoms with van der Waals surface area (Å²) >= 11 is 5.25. The van der Waals surface area contributed by atoms with E-state index >= 15 is 0 Å². The van der Waals surface area contributed by atoms with Crippen LogP contribution in [0.2, 0.25) is 0 Å². The first-order valence-electron chi connectivity index (χ1n) is 7.17. The van der Waals surface area contributed by atoms with Crippen molar-refractivity contribution in [1.29, 1.82) is 0 Å². The van der Waals surface area contributed by atoms with Crippen molar-refractivity contribution < 1.29 is 4.79 Å². The van der Waals surface area contributed by atoms with Crippen LogP contribution in [0, 0.1) is 5.41 Å². The van der Waals surface area contributed by atoms with Gasteiger partial charge in [0.25, 0.3) is 0 Å². The maximum Gasteiger partial charge on any atom is 0.235 e. The van der Waals surface area contributed by atoms with E-state index in [4.69, 9.17) is 18.0 Å². The van der Waals surface area contributed by atoms with E-state index in [0.717, 1.165) is 45.2 Å². The van der Waals surface area contributed by atoms with Crippen molar-refractivity contribution >= 4 is 23.1 Å². The molecule has 1 aliphatic rings. The first kappa shape index (κ1) is 15.4. The molecule has 3 nitrogen and oxygen atoms in total. The minimum Gasteiger partial charge on any atom is -0.392 e. The van der Waals surface area contributed by atoms with E-state index in [-0.39, 0.29) is 5.91 Å². The fourth-order valence-corrected chi connectivity index (χ4v) is 3.17. The summed E-state index contributed by atoms with van der Waals surface area (Å²) in [6.45, 7) is 5.67. The molecule has 1 fully saturated rings. The fraction of sp³-hybridized carbons (Fsp3) is 0.857. The van der Waals surface area contributed by atoms with Crippen LogP contribution in [-0.2, 0) is 4.79 Å². The number of carbonyl (C=O) groups is 1. The molecule has 0 bridgehead atoms. The van der Waals surface area contributed by atoms with Crippen LogP contribution < -0.4 is 5.73 Å². The number of amides is 1. The van der Waals surface area contributed by atoms with E-state index in [1.165, 1.54) is 12.8 Å². The van der Waals surface area contributed by atoms with Gasteiger partial charge >= 0.3 is 0 Å². The standard InChI is InChI=1S/C14H26N2OS/c1-3-11-16(4-2)13(17)14(12(15)18)9-7-5-6-8-10-14/h3-11H2,1-2H3,(H2,15,18). The van der Waals surface area contributed by atoms with Gasteiger partial charge < -0.3 is 10.6 Å². The Kier molecular flexibility index (Phi) is 6.06. The number of carbonyl (C=O) groups excluding carboxylic acids is 1. The lowest BCUT2D eigenvalue weighted by atomic mass is 9.78. The van der Waals surface area contributed by atoms with Gasteiger partial charge in [0, 0.05) is 13.1 Å². The third-order valence-electron chi connectivity index (χ3n) is 4.00. The van der Waals surface area contributed by atoms with Crippen molar-refractivity contribution in [2.75, 3.05) is 13.1 Å². The topological polar surface area (TPSA) is 46.3 Å². The van der Waals surface area contributed by atoms with Gasteiger partial charge in [0.05, 0.1) is 10.4 Å². The Labute approximate surface area is 116 Å². The molecule has 1 amide bonds. The van der Waals surface area contributed by atoms with Crippen molar-refractivity contribution in [3.8, 4) is 0 Å². The molecule has 0 aromatic carbocycles. The predicted octanol–water partition coefficient (Wildman–Crippen LogP) is 2.87. The molecule has 2 N–H and O–H groups in total. The minimum absolute atomic E-state index is 0.168. The second-order valence-electron chi connectivity index (χ2n) is 5.25. The average Bonchev–Trinajstić information content (AvgIpc) is 2.61. The van der Waals surface area contributed by atoms with Crippen molar-refractivity contribution in [1.82, 2.24) is 4.90 Å². The van der Waals surface area contributed by atoms with E-state index in [9.17, 15) is 4.79 Å². The highest BCUT2D eigenvalue weighted by molar-refractivity contribution is 7.80. The minimum atomic E-state index is -0.559. The summed E-state index contributed by atoms with van der Waals surface area (Å²) in [6, 6.07) is 0. The maximum absolute atomic E-state index is 12.8. The van der Waals surface area contributed by atoms with Gasteiger partial charge in [-0.25, -0.2) is 0 Å². The number of rotatable bonds is 5. The summed E-state index contributed by atoms with van der Waals surface area (Å²) < 4.78 is 0. The molecule has 0 saturated heterocycles. The van der Waals surface area contributed by atoms with Crippen molar-refractivity contribution in [3.05, 3.63) is 0 Å². The lowest BCUT2D eigenvalue weighted by Crippen LogP contribution is -2.50. The molecular formula is C14H26N2OS. The maximum atomic E-state index is 12.8. The van der Waals surface area contributed by atoms with Crippen LogP contribution >= 0.6 is 12.2 Å². The van der Waals surface area contributed by atoms with E-state index in [0.29, 0.717) is 4.99 Å². The Bertz CT molecular complexity index is 296. The molecule has 0 unspecified atom stereocenters. The molecule has 0 aliphatic heterocycles. The second-order valence-corrected chi connectivity index (χ2v) is 5.69. The second kappa shape index (κ2) is 7.07. The van der Waals surface area contributed by atoms with E-state index in [1.54, 1.807) is 0 Å². The van der Waals surface area contributed by atoms with E-state index in [1.807, 2.05) is 11.8 Å². The Morgan fingerprint density at radius 1 is 1.22 bits per heavy atom. The van der Waals surface area contributed by atoms with Crippen molar-refractivity contribution in [3.63, 3.8) is 0 Å². The molecule has 104 valence electrons. The molecule has 0 spiro atoms. The van der Waals surface area contributed by atoms with Crippen LogP contribution in [-0.4, -0.2) is 28.9 Å². The monoisotopic (exact) mass is 270 g/mol. The summed E-state index contributed by atoms with van der Waals surface area (Å²) in [6.07, 6.45) is 7.16. The largest absolute Gasteiger partial charge is 0.392 e. The van der Waals surface area contributed by atoms with Crippen LogP contribution in [0.5, 0.6) is 0 Å². The Morgan fingerprint density at radius 3 is 2.17 bits per heavy atom. The number of hydrogen-bond acceptors (Lipinski definition) is 2. The highest BCUT2D eigenvalue weighted by Crippen LogP contribution is 2.37. The van der Waals surface area contributed by atoms with E-state index < -0.39 is 5.41 Å². The molecule has 0 aromatic rings. The summed E-state index contributed by atoms with van der Waals surface area (Å²) in [5.74, 6) is 0.168. The van der Waals surface area contributed by atoms with Crippen LogP contribution in [0.25, 0.3) is 0 Å².